The molecule has 0 unspecified atom stereocenters. The van der Waals surface area contributed by atoms with Crippen LogP contribution >= 0.6 is 0 Å². The van der Waals surface area contributed by atoms with Crippen molar-refractivity contribution in [3.63, 3.8) is 0 Å². The van der Waals surface area contributed by atoms with E-state index in [9.17, 15) is 31.5 Å². The first-order valence-corrected chi connectivity index (χ1v) is 11.7. The van der Waals surface area contributed by atoms with Crippen molar-refractivity contribution in [2.75, 3.05) is 22.4 Å². The number of carbonyl (C=O) groups is 2. The van der Waals surface area contributed by atoms with Crippen molar-refractivity contribution in [1.82, 2.24) is 9.78 Å². The Balaban J connectivity index is 0.000000718. The summed E-state index contributed by atoms with van der Waals surface area (Å²) in [5.74, 6) is -3.96. The van der Waals surface area contributed by atoms with Crippen LogP contribution in [0.5, 0.6) is 0 Å². The van der Waals surface area contributed by atoms with Crippen molar-refractivity contribution in [1.29, 1.82) is 0 Å². The van der Waals surface area contributed by atoms with Crippen LogP contribution in [0.3, 0.4) is 0 Å². The van der Waals surface area contributed by atoms with Gasteiger partial charge in [-0.3, -0.25) is 9.40 Å². The van der Waals surface area contributed by atoms with Crippen molar-refractivity contribution < 1.29 is 41.4 Å². The predicted molar refractivity (Wildman–Crippen MR) is 120 cm³/mol. The molecule has 0 aliphatic rings. The molecule has 0 spiro atoms. The number of aromatic carboxylic acids is 1. The van der Waals surface area contributed by atoms with Gasteiger partial charge < -0.3 is 15.1 Å². The van der Waals surface area contributed by atoms with E-state index < -0.39 is 28.1 Å². The van der Waals surface area contributed by atoms with Gasteiger partial charge in [-0.15, -0.1) is 0 Å². The van der Waals surface area contributed by atoms with Crippen LogP contribution in [0.2, 0.25) is 0 Å². The lowest BCUT2D eigenvalue weighted by molar-refractivity contribution is -0.192. The normalized spacial score (nSPS) is 11.4. The van der Waals surface area contributed by atoms with Gasteiger partial charge in [0.2, 0.25) is 10.0 Å². The largest absolute Gasteiger partial charge is 0.490 e. The molecule has 0 bridgehead atoms. The standard InChI is InChI=1S/C18H26N4O4S.C2HF3O2/c1-5-9-22-15(10-13(3)19-22)12-21(4)17-8-7-14(11-16(17)18(23)24)20-27(25,26)6-2;3-2(4,5)1(6)7/h7-8,10-11,20H,5-6,9,12H2,1-4H3,(H,23,24);(H,6,7). The van der Waals surface area contributed by atoms with Gasteiger partial charge in [0, 0.05) is 19.3 Å². The molecule has 1 aromatic heterocycles. The Labute approximate surface area is 195 Å². The summed E-state index contributed by atoms with van der Waals surface area (Å²) in [5, 5.41) is 21.2. The minimum atomic E-state index is -5.08. The lowest BCUT2D eigenvalue weighted by atomic mass is 10.1. The molecule has 0 saturated carbocycles. The van der Waals surface area contributed by atoms with Gasteiger partial charge >= 0.3 is 18.1 Å². The van der Waals surface area contributed by atoms with Crippen molar-refractivity contribution in [2.45, 2.75) is 46.5 Å². The van der Waals surface area contributed by atoms with Crippen LogP contribution in [0, 0.1) is 6.92 Å². The zero-order valence-electron chi connectivity index (χ0n) is 19.0. The topological polar surface area (TPSA) is 142 Å². The highest BCUT2D eigenvalue weighted by Crippen LogP contribution is 2.26. The number of benzene rings is 1. The van der Waals surface area contributed by atoms with Gasteiger partial charge in [-0.05, 0) is 44.5 Å². The number of hydrogen-bond acceptors (Lipinski definition) is 6. The van der Waals surface area contributed by atoms with Crippen LogP contribution in [0.25, 0.3) is 0 Å². The van der Waals surface area contributed by atoms with Crippen molar-refractivity contribution >= 4 is 33.3 Å². The van der Waals surface area contributed by atoms with E-state index in [2.05, 4.69) is 16.7 Å². The van der Waals surface area contributed by atoms with Gasteiger partial charge in [-0.2, -0.15) is 18.3 Å². The molecule has 3 N–H and O–H groups in total. The number of hydrogen-bond donors (Lipinski definition) is 3. The molecule has 1 heterocycles. The molecule has 0 fully saturated rings. The van der Waals surface area contributed by atoms with Gasteiger partial charge in [0.05, 0.1) is 34.9 Å². The second-order valence-electron chi connectivity index (χ2n) is 7.20. The Morgan fingerprint density at radius 3 is 2.24 bits per heavy atom. The summed E-state index contributed by atoms with van der Waals surface area (Å²) in [4.78, 5) is 22.4. The minimum absolute atomic E-state index is 0.0343. The van der Waals surface area contributed by atoms with E-state index in [0.717, 1.165) is 24.4 Å². The van der Waals surface area contributed by atoms with Gasteiger partial charge in [-0.25, -0.2) is 18.0 Å². The summed E-state index contributed by atoms with van der Waals surface area (Å²) in [6.45, 7) is 6.79. The van der Waals surface area contributed by atoms with Crippen LogP contribution in [0.1, 0.15) is 42.0 Å². The first kappa shape index (κ1) is 28.7. The van der Waals surface area contributed by atoms with Crippen LogP contribution in [0.4, 0.5) is 24.5 Å². The van der Waals surface area contributed by atoms with Crippen LogP contribution in [-0.4, -0.2) is 59.3 Å². The Hall–Kier alpha value is -3.29. The number of carboxylic acid groups (broad SMARTS) is 2. The fourth-order valence-electron chi connectivity index (χ4n) is 2.82. The molecule has 10 nitrogen and oxygen atoms in total. The highest BCUT2D eigenvalue weighted by molar-refractivity contribution is 7.92. The second kappa shape index (κ2) is 11.7. The molecule has 34 heavy (non-hydrogen) atoms. The quantitative estimate of drug-likeness (QED) is 0.468. The SMILES string of the molecule is CCCn1nc(C)cc1CN(C)c1ccc(NS(=O)(=O)CC)cc1C(=O)O.O=C(O)C(F)(F)F. The average Bonchev–Trinajstić information content (AvgIpc) is 3.06. The average molecular weight is 509 g/mol. The molecule has 0 saturated heterocycles. The van der Waals surface area contributed by atoms with Crippen molar-refractivity contribution in [3.05, 3.63) is 41.2 Å². The maximum Gasteiger partial charge on any atom is 0.490 e. The maximum atomic E-state index is 11.7. The molecule has 0 aliphatic heterocycles. The summed E-state index contributed by atoms with van der Waals surface area (Å²) in [6.07, 6.45) is -4.13. The van der Waals surface area contributed by atoms with E-state index in [0.29, 0.717) is 12.2 Å². The molecule has 2 aromatic rings. The zero-order chi connectivity index (χ0) is 26.3. The Morgan fingerprint density at radius 1 is 1.18 bits per heavy atom. The monoisotopic (exact) mass is 508 g/mol. The number of halogens is 3. The van der Waals surface area contributed by atoms with Crippen molar-refractivity contribution in [2.24, 2.45) is 0 Å². The van der Waals surface area contributed by atoms with Crippen LogP contribution < -0.4 is 9.62 Å². The summed E-state index contributed by atoms with van der Waals surface area (Å²) in [6, 6.07) is 6.51. The van der Waals surface area contributed by atoms with Gasteiger partial charge in [0.25, 0.3) is 0 Å². The maximum absolute atomic E-state index is 11.7. The number of nitrogens with one attached hydrogen (secondary N) is 1. The first-order valence-electron chi connectivity index (χ1n) is 10.0. The first-order chi connectivity index (χ1) is 15.6. The summed E-state index contributed by atoms with van der Waals surface area (Å²) >= 11 is 0. The Bertz CT molecular complexity index is 1120. The number of sulfonamides is 1. The van der Waals surface area contributed by atoms with E-state index in [1.807, 2.05) is 22.6 Å². The van der Waals surface area contributed by atoms with Crippen LogP contribution in [0.15, 0.2) is 24.3 Å². The number of carboxylic acids is 2. The summed E-state index contributed by atoms with van der Waals surface area (Å²) in [5.41, 5.74) is 2.67. The molecule has 14 heteroatoms. The van der Waals surface area contributed by atoms with Gasteiger partial charge in [0.1, 0.15) is 0 Å². The Kier molecular flexibility index (Phi) is 9.91. The van der Waals surface area contributed by atoms with E-state index in [-0.39, 0.29) is 17.0 Å². The molecular weight excluding hydrogens is 481 g/mol. The number of nitrogens with zero attached hydrogens (tertiary/aromatic N) is 3. The highest BCUT2D eigenvalue weighted by atomic mass is 32.2. The number of alkyl halides is 3. The number of anilines is 2. The van der Waals surface area contributed by atoms with Crippen molar-refractivity contribution in [3.8, 4) is 0 Å². The number of aliphatic carboxylic acids is 1. The lowest BCUT2D eigenvalue weighted by Crippen LogP contribution is -2.22. The molecular formula is C20H27F3N4O6S. The van der Waals surface area contributed by atoms with E-state index in [1.54, 1.807) is 19.2 Å². The lowest BCUT2D eigenvalue weighted by Gasteiger charge is -2.22. The van der Waals surface area contributed by atoms with Gasteiger partial charge in [-0.1, -0.05) is 6.92 Å². The van der Waals surface area contributed by atoms with E-state index in [1.165, 1.54) is 13.0 Å². The second-order valence-corrected chi connectivity index (χ2v) is 9.21. The zero-order valence-corrected chi connectivity index (χ0v) is 19.9. The number of aryl methyl sites for hydroxylation is 2. The summed E-state index contributed by atoms with van der Waals surface area (Å²) < 4.78 is 59.5. The third-order valence-electron chi connectivity index (χ3n) is 4.35. The third-order valence-corrected chi connectivity index (χ3v) is 5.66. The smallest absolute Gasteiger partial charge is 0.478 e. The predicted octanol–water partition coefficient (Wildman–Crippen LogP) is 3.33. The fraction of sp³-hybridized carbons (Fsp3) is 0.450. The number of aromatic nitrogens is 2. The minimum Gasteiger partial charge on any atom is -0.478 e. The fourth-order valence-corrected chi connectivity index (χ4v) is 3.45. The van der Waals surface area contributed by atoms with Crippen LogP contribution in [-0.2, 0) is 27.9 Å². The molecule has 0 radical (unpaired) electrons. The number of rotatable bonds is 9. The molecule has 190 valence electrons. The Morgan fingerprint density at radius 2 is 1.76 bits per heavy atom. The molecule has 1 aromatic carbocycles. The molecule has 0 aliphatic carbocycles. The molecule has 0 atom stereocenters. The highest BCUT2D eigenvalue weighted by Gasteiger charge is 2.38. The van der Waals surface area contributed by atoms with E-state index in [4.69, 9.17) is 9.90 Å². The molecule has 0 amide bonds. The van der Waals surface area contributed by atoms with E-state index >= 15 is 0 Å². The molecule has 2 rings (SSSR count). The van der Waals surface area contributed by atoms with Gasteiger partial charge in [0.15, 0.2) is 0 Å². The summed E-state index contributed by atoms with van der Waals surface area (Å²) in [7, 11) is -1.67. The third kappa shape index (κ3) is 8.57.